The molecule has 0 amide bonds. The van der Waals surface area contributed by atoms with Crippen molar-refractivity contribution in [3.05, 3.63) is 0 Å². The monoisotopic (exact) mass is 384 g/mol. The SMILES string of the molecule is COC(=O)C(OCC(F)(OCCC(F)(F)F)C(F)(F)F)C(F)(F)F. The fourth-order valence-electron chi connectivity index (χ4n) is 1.13. The lowest BCUT2D eigenvalue weighted by atomic mass is 10.3. The van der Waals surface area contributed by atoms with Crippen LogP contribution in [0.2, 0.25) is 0 Å². The molecule has 4 nitrogen and oxygen atoms in total. The molecule has 0 fully saturated rings. The van der Waals surface area contributed by atoms with Gasteiger partial charge in [0.15, 0.2) is 0 Å². The van der Waals surface area contributed by atoms with Gasteiger partial charge in [-0.1, -0.05) is 0 Å². The standard InChI is InChI=1S/C10H10F10O4/c1-22-6(21)5(9(15,16)17)23-4-7(11,10(18,19)20)24-3-2-8(12,13)14/h5H,2-4H2,1H3. The molecule has 0 saturated heterocycles. The Morgan fingerprint density at radius 1 is 0.958 bits per heavy atom. The van der Waals surface area contributed by atoms with Gasteiger partial charge in [-0.2, -0.15) is 43.9 Å². The van der Waals surface area contributed by atoms with Gasteiger partial charge >= 0.3 is 30.4 Å². The molecule has 2 atom stereocenters. The Balaban J connectivity index is 5.11. The number of methoxy groups -OCH3 is 1. The number of hydrogen-bond acceptors (Lipinski definition) is 4. The van der Waals surface area contributed by atoms with Crippen molar-refractivity contribution in [2.45, 2.75) is 36.9 Å². The van der Waals surface area contributed by atoms with Crippen molar-refractivity contribution in [3.63, 3.8) is 0 Å². The van der Waals surface area contributed by atoms with Crippen LogP contribution in [0.25, 0.3) is 0 Å². The second-order valence-electron chi connectivity index (χ2n) is 4.20. The Morgan fingerprint density at radius 2 is 1.46 bits per heavy atom. The van der Waals surface area contributed by atoms with Crippen LogP contribution in [0, 0.1) is 0 Å². The maximum atomic E-state index is 13.6. The van der Waals surface area contributed by atoms with E-state index < -0.39 is 56.1 Å². The summed E-state index contributed by atoms with van der Waals surface area (Å²) in [5.74, 6) is -7.17. The Morgan fingerprint density at radius 3 is 1.79 bits per heavy atom. The Hall–Kier alpha value is -1.31. The Kier molecular flexibility index (Phi) is 7.29. The molecule has 0 spiro atoms. The lowest BCUT2D eigenvalue weighted by Crippen LogP contribution is -2.51. The summed E-state index contributed by atoms with van der Waals surface area (Å²) < 4.78 is 134. The molecule has 0 rings (SSSR count). The van der Waals surface area contributed by atoms with E-state index in [2.05, 4.69) is 14.2 Å². The molecule has 144 valence electrons. The van der Waals surface area contributed by atoms with Gasteiger partial charge in [-0.25, -0.2) is 4.79 Å². The van der Waals surface area contributed by atoms with Crippen LogP contribution in [-0.2, 0) is 19.0 Å². The third-order valence-corrected chi connectivity index (χ3v) is 2.29. The predicted octanol–water partition coefficient (Wildman–Crippen LogP) is 3.30. The number of esters is 1. The predicted molar refractivity (Wildman–Crippen MR) is 54.3 cm³/mol. The van der Waals surface area contributed by atoms with Crippen LogP contribution < -0.4 is 0 Å². The molecule has 0 aromatic carbocycles. The van der Waals surface area contributed by atoms with E-state index in [1.54, 1.807) is 0 Å². The van der Waals surface area contributed by atoms with Crippen LogP contribution in [0.5, 0.6) is 0 Å². The highest BCUT2D eigenvalue weighted by molar-refractivity contribution is 5.75. The molecule has 14 heteroatoms. The highest BCUT2D eigenvalue weighted by Gasteiger charge is 2.60. The van der Waals surface area contributed by atoms with Crippen LogP contribution in [0.1, 0.15) is 6.42 Å². The van der Waals surface area contributed by atoms with Gasteiger partial charge in [-0.15, -0.1) is 0 Å². The molecule has 0 heterocycles. The molecule has 0 radical (unpaired) electrons. The lowest BCUT2D eigenvalue weighted by Gasteiger charge is -2.29. The molecule has 0 saturated carbocycles. The van der Waals surface area contributed by atoms with E-state index in [0.717, 1.165) is 0 Å². The molecular formula is C10H10F10O4. The van der Waals surface area contributed by atoms with E-state index in [-0.39, 0.29) is 0 Å². The molecular weight excluding hydrogens is 374 g/mol. The summed E-state index contributed by atoms with van der Waals surface area (Å²) in [4.78, 5) is 10.8. The van der Waals surface area contributed by atoms with Crippen molar-refractivity contribution in [1.29, 1.82) is 0 Å². The van der Waals surface area contributed by atoms with E-state index >= 15 is 0 Å². The van der Waals surface area contributed by atoms with Crippen molar-refractivity contribution in [1.82, 2.24) is 0 Å². The van der Waals surface area contributed by atoms with Gasteiger partial charge in [0.1, 0.15) is 6.61 Å². The minimum atomic E-state index is -6.02. The summed E-state index contributed by atoms with van der Waals surface area (Å²) in [6.07, 6.45) is -22.1. The first-order valence-electron chi connectivity index (χ1n) is 5.76. The fourth-order valence-corrected chi connectivity index (χ4v) is 1.13. The first kappa shape index (κ1) is 22.7. The summed E-state index contributed by atoms with van der Waals surface area (Å²) in [6.45, 7) is -4.37. The van der Waals surface area contributed by atoms with Gasteiger partial charge in [-0.3, -0.25) is 0 Å². The number of halogens is 10. The maximum Gasteiger partial charge on any atom is 0.450 e. The second-order valence-corrected chi connectivity index (χ2v) is 4.20. The van der Waals surface area contributed by atoms with Gasteiger partial charge in [0.05, 0.1) is 20.1 Å². The number of hydrogen-bond donors (Lipinski definition) is 0. The zero-order valence-electron chi connectivity index (χ0n) is 11.6. The Bertz CT molecular complexity index is 415. The second kappa shape index (κ2) is 7.72. The minimum Gasteiger partial charge on any atom is -0.467 e. The van der Waals surface area contributed by atoms with Gasteiger partial charge < -0.3 is 14.2 Å². The topological polar surface area (TPSA) is 44.8 Å². The first-order chi connectivity index (χ1) is 10.5. The minimum absolute atomic E-state index is 0.455. The van der Waals surface area contributed by atoms with Crippen LogP contribution in [0.3, 0.4) is 0 Å². The number of alkyl halides is 10. The summed E-state index contributed by atoms with van der Waals surface area (Å²) in [6, 6.07) is 0. The fraction of sp³-hybridized carbons (Fsp3) is 0.900. The number of carbonyl (C=O) groups is 1. The quantitative estimate of drug-likeness (QED) is 0.499. The number of carbonyl (C=O) groups excluding carboxylic acids is 1. The summed E-state index contributed by atoms with van der Waals surface area (Å²) in [5, 5.41) is 0. The average Bonchev–Trinajstić information content (AvgIpc) is 2.33. The third kappa shape index (κ3) is 7.07. The highest BCUT2D eigenvalue weighted by Crippen LogP contribution is 2.37. The molecule has 0 aliphatic rings. The smallest absolute Gasteiger partial charge is 0.450 e. The van der Waals surface area contributed by atoms with E-state index in [1.165, 1.54) is 0 Å². The number of ether oxygens (including phenoxy) is 3. The van der Waals surface area contributed by atoms with Crippen molar-refractivity contribution in [3.8, 4) is 0 Å². The zero-order chi connectivity index (χ0) is 19.4. The van der Waals surface area contributed by atoms with E-state index in [4.69, 9.17) is 0 Å². The van der Waals surface area contributed by atoms with Gasteiger partial charge in [0.25, 0.3) is 6.10 Å². The summed E-state index contributed by atoms with van der Waals surface area (Å²) in [7, 11) is 0.455. The third-order valence-electron chi connectivity index (χ3n) is 2.29. The average molecular weight is 384 g/mol. The molecule has 0 aromatic heterocycles. The van der Waals surface area contributed by atoms with Crippen LogP contribution in [0.4, 0.5) is 43.9 Å². The van der Waals surface area contributed by atoms with E-state index in [9.17, 15) is 48.7 Å². The van der Waals surface area contributed by atoms with Gasteiger partial charge in [0, 0.05) is 0 Å². The molecule has 0 aliphatic carbocycles. The molecule has 0 N–H and O–H groups in total. The molecule has 0 bridgehead atoms. The maximum absolute atomic E-state index is 13.6. The summed E-state index contributed by atoms with van der Waals surface area (Å²) in [5.41, 5.74) is 0. The van der Waals surface area contributed by atoms with Crippen molar-refractivity contribution < 1.29 is 62.9 Å². The summed E-state index contributed by atoms with van der Waals surface area (Å²) >= 11 is 0. The molecule has 24 heavy (non-hydrogen) atoms. The van der Waals surface area contributed by atoms with Gasteiger partial charge in [-0.05, 0) is 0 Å². The van der Waals surface area contributed by atoms with Crippen molar-refractivity contribution in [2.75, 3.05) is 20.3 Å². The lowest BCUT2D eigenvalue weighted by molar-refractivity contribution is -0.357. The van der Waals surface area contributed by atoms with Crippen molar-refractivity contribution in [2.24, 2.45) is 0 Å². The largest absolute Gasteiger partial charge is 0.467 e. The normalized spacial score (nSPS) is 17.3. The highest BCUT2D eigenvalue weighted by atomic mass is 19.4. The number of rotatable bonds is 7. The zero-order valence-corrected chi connectivity index (χ0v) is 11.6. The molecule has 0 aromatic rings. The van der Waals surface area contributed by atoms with E-state index in [0.29, 0.717) is 7.11 Å². The molecule has 0 aliphatic heterocycles. The Labute approximate surface area is 127 Å². The van der Waals surface area contributed by atoms with E-state index in [1.807, 2.05) is 0 Å². The van der Waals surface area contributed by atoms with Crippen LogP contribution in [0.15, 0.2) is 0 Å². The van der Waals surface area contributed by atoms with Crippen LogP contribution in [-0.4, -0.2) is 56.8 Å². The van der Waals surface area contributed by atoms with Crippen molar-refractivity contribution >= 4 is 5.97 Å². The first-order valence-corrected chi connectivity index (χ1v) is 5.76. The van der Waals surface area contributed by atoms with Gasteiger partial charge in [0.2, 0.25) is 0 Å². The molecule has 2 unspecified atom stereocenters. The van der Waals surface area contributed by atoms with Crippen LogP contribution >= 0.6 is 0 Å².